The zero-order chi connectivity index (χ0) is 17.2. The Morgan fingerprint density at radius 1 is 1.04 bits per heavy atom. The summed E-state index contributed by atoms with van der Waals surface area (Å²) in [6.07, 6.45) is 1.53. The van der Waals surface area contributed by atoms with Crippen LogP contribution in [0.2, 0.25) is 0 Å². The van der Waals surface area contributed by atoms with Gasteiger partial charge < -0.3 is 0 Å². The lowest BCUT2D eigenvalue weighted by Gasteiger charge is -2.04. The van der Waals surface area contributed by atoms with Gasteiger partial charge in [0.15, 0.2) is 11.5 Å². The molecule has 0 saturated carbocycles. The van der Waals surface area contributed by atoms with Gasteiger partial charge in [0.25, 0.3) is 5.56 Å². The van der Waals surface area contributed by atoms with Crippen molar-refractivity contribution in [1.29, 1.82) is 0 Å². The van der Waals surface area contributed by atoms with Crippen LogP contribution in [0.5, 0.6) is 0 Å². The highest BCUT2D eigenvalue weighted by molar-refractivity contribution is 5.80. The van der Waals surface area contributed by atoms with Crippen LogP contribution in [-0.4, -0.2) is 20.8 Å². The molecule has 2 aromatic heterocycles. The number of halogens is 1. The summed E-state index contributed by atoms with van der Waals surface area (Å²) >= 11 is 0. The molecule has 0 saturated heterocycles. The van der Waals surface area contributed by atoms with Crippen LogP contribution >= 0.6 is 0 Å². The average Bonchev–Trinajstić information content (AvgIpc) is 2.64. The lowest BCUT2D eigenvalue weighted by molar-refractivity contribution is 0.628. The van der Waals surface area contributed by atoms with Crippen molar-refractivity contribution in [2.45, 2.75) is 0 Å². The van der Waals surface area contributed by atoms with Crippen molar-refractivity contribution in [3.63, 3.8) is 0 Å². The Hall–Kier alpha value is -3.61. The predicted octanol–water partition coefficient (Wildman–Crippen LogP) is 2.83. The summed E-state index contributed by atoms with van der Waals surface area (Å²) in [5.74, 6) is 0.0884. The third kappa shape index (κ3) is 2.94. The molecule has 0 radical (unpaired) electrons. The summed E-state index contributed by atoms with van der Waals surface area (Å²) in [5.41, 5.74) is 4.33. The quantitative estimate of drug-likeness (QED) is 0.355. The van der Waals surface area contributed by atoms with E-state index in [0.717, 1.165) is 5.56 Å². The van der Waals surface area contributed by atoms with E-state index in [-0.39, 0.29) is 11.4 Å². The lowest BCUT2D eigenvalue weighted by atomic mass is 10.2. The summed E-state index contributed by atoms with van der Waals surface area (Å²) in [5, 5.41) is 8.77. The molecule has 2 aromatic carbocycles. The Kier molecular flexibility index (Phi) is 3.66. The molecule has 7 heteroatoms. The number of benzene rings is 2. The topological polar surface area (TPSA) is 71.7 Å². The first-order chi connectivity index (χ1) is 12.2. The number of rotatable bonds is 3. The molecule has 0 amide bonds. The molecule has 0 spiro atoms. The van der Waals surface area contributed by atoms with Gasteiger partial charge in [-0.3, -0.25) is 10.2 Å². The van der Waals surface area contributed by atoms with Crippen molar-refractivity contribution < 1.29 is 4.39 Å². The van der Waals surface area contributed by atoms with Gasteiger partial charge in [0.1, 0.15) is 5.82 Å². The maximum Gasteiger partial charge on any atom is 0.282 e. The smallest absolute Gasteiger partial charge is 0.267 e. The summed E-state index contributed by atoms with van der Waals surface area (Å²) in [7, 11) is 0. The SMILES string of the molecule is O=c1c2ccccc2nc2ccc(N/N=C/c3ccc(F)cc3)nn12. The molecule has 0 aliphatic heterocycles. The Morgan fingerprint density at radius 2 is 1.84 bits per heavy atom. The van der Waals surface area contributed by atoms with Gasteiger partial charge in [-0.25, -0.2) is 9.37 Å². The largest absolute Gasteiger partial charge is 0.282 e. The fourth-order valence-corrected chi connectivity index (χ4v) is 2.42. The van der Waals surface area contributed by atoms with E-state index in [9.17, 15) is 9.18 Å². The standard InChI is InChI=1S/C18H12FN5O/c19-13-7-5-12(6-8-13)11-20-22-16-9-10-17-21-15-4-2-1-3-14(15)18(25)24(17)23-16/h1-11H,(H,22,23)/b20-11+. The van der Waals surface area contributed by atoms with E-state index in [1.807, 2.05) is 6.07 Å². The minimum absolute atomic E-state index is 0.244. The van der Waals surface area contributed by atoms with Crippen LogP contribution in [0.15, 0.2) is 70.6 Å². The number of nitrogens with one attached hydrogen (secondary N) is 1. The van der Waals surface area contributed by atoms with Crippen LogP contribution in [0, 0.1) is 5.82 Å². The first-order valence-electron chi connectivity index (χ1n) is 7.54. The molecule has 0 aliphatic rings. The van der Waals surface area contributed by atoms with Crippen molar-refractivity contribution in [2.75, 3.05) is 5.43 Å². The second kappa shape index (κ2) is 6.12. The molecule has 1 N–H and O–H groups in total. The Morgan fingerprint density at radius 3 is 2.68 bits per heavy atom. The van der Waals surface area contributed by atoms with E-state index in [4.69, 9.17) is 0 Å². The van der Waals surface area contributed by atoms with Gasteiger partial charge in [0.2, 0.25) is 0 Å². The number of hydrazone groups is 1. The molecule has 0 bridgehead atoms. The second-order valence-corrected chi connectivity index (χ2v) is 5.34. The number of para-hydroxylation sites is 1. The molecule has 2 heterocycles. The highest BCUT2D eigenvalue weighted by Gasteiger charge is 2.06. The van der Waals surface area contributed by atoms with Gasteiger partial charge in [-0.05, 0) is 42.0 Å². The maximum atomic E-state index is 12.9. The van der Waals surface area contributed by atoms with Crippen molar-refractivity contribution >= 4 is 28.6 Å². The van der Waals surface area contributed by atoms with Crippen molar-refractivity contribution in [3.8, 4) is 0 Å². The highest BCUT2D eigenvalue weighted by atomic mass is 19.1. The minimum atomic E-state index is -0.305. The van der Waals surface area contributed by atoms with Crippen LogP contribution in [0.3, 0.4) is 0 Å². The summed E-state index contributed by atoms with van der Waals surface area (Å²) in [6.45, 7) is 0. The first-order valence-corrected chi connectivity index (χ1v) is 7.54. The number of fused-ring (bicyclic) bond motifs is 2. The molecule has 0 unspecified atom stereocenters. The van der Waals surface area contributed by atoms with Gasteiger partial charge in [-0.15, -0.1) is 5.10 Å². The molecule has 4 aromatic rings. The van der Waals surface area contributed by atoms with Crippen molar-refractivity contribution in [3.05, 3.63) is 82.4 Å². The molecular formula is C18H12FN5O. The Balaban J connectivity index is 1.66. The fraction of sp³-hybridized carbons (Fsp3) is 0. The zero-order valence-corrected chi connectivity index (χ0v) is 12.9. The molecule has 4 rings (SSSR count). The van der Waals surface area contributed by atoms with Crippen LogP contribution < -0.4 is 11.0 Å². The number of hydrogen-bond donors (Lipinski definition) is 1. The molecule has 25 heavy (non-hydrogen) atoms. The van der Waals surface area contributed by atoms with Gasteiger partial charge >= 0.3 is 0 Å². The van der Waals surface area contributed by atoms with E-state index in [0.29, 0.717) is 22.4 Å². The third-order valence-electron chi connectivity index (χ3n) is 3.64. The minimum Gasteiger partial charge on any atom is -0.267 e. The van der Waals surface area contributed by atoms with Crippen LogP contribution in [0.1, 0.15) is 5.56 Å². The van der Waals surface area contributed by atoms with Crippen LogP contribution in [0.25, 0.3) is 16.6 Å². The van der Waals surface area contributed by atoms with E-state index in [1.165, 1.54) is 22.9 Å². The van der Waals surface area contributed by atoms with E-state index < -0.39 is 0 Å². The monoisotopic (exact) mass is 333 g/mol. The first kappa shape index (κ1) is 14.9. The van der Waals surface area contributed by atoms with Gasteiger partial charge in [0.05, 0.1) is 17.1 Å². The van der Waals surface area contributed by atoms with Crippen LogP contribution in [-0.2, 0) is 0 Å². The average molecular weight is 333 g/mol. The van der Waals surface area contributed by atoms with Gasteiger partial charge in [-0.1, -0.05) is 24.3 Å². The zero-order valence-electron chi connectivity index (χ0n) is 12.9. The molecular weight excluding hydrogens is 321 g/mol. The molecule has 6 nitrogen and oxygen atoms in total. The van der Waals surface area contributed by atoms with Gasteiger partial charge in [-0.2, -0.15) is 9.62 Å². The predicted molar refractivity (Wildman–Crippen MR) is 94.4 cm³/mol. The molecule has 0 atom stereocenters. The summed E-state index contributed by atoms with van der Waals surface area (Å²) in [4.78, 5) is 16.9. The molecule has 122 valence electrons. The maximum absolute atomic E-state index is 12.9. The summed E-state index contributed by atoms with van der Waals surface area (Å²) in [6, 6.07) is 16.4. The second-order valence-electron chi connectivity index (χ2n) is 5.34. The number of anilines is 1. The fourth-order valence-electron chi connectivity index (χ4n) is 2.42. The number of hydrogen-bond acceptors (Lipinski definition) is 5. The van der Waals surface area contributed by atoms with E-state index in [2.05, 4.69) is 20.6 Å². The number of aromatic nitrogens is 3. The lowest BCUT2D eigenvalue weighted by Crippen LogP contribution is -2.18. The van der Waals surface area contributed by atoms with Crippen molar-refractivity contribution in [1.82, 2.24) is 14.6 Å². The summed E-state index contributed by atoms with van der Waals surface area (Å²) < 4.78 is 14.1. The number of nitrogens with zero attached hydrogens (tertiary/aromatic N) is 4. The third-order valence-corrected chi connectivity index (χ3v) is 3.64. The highest BCUT2D eigenvalue weighted by Crippen LogP contribution is 2.10. The van der Waals surface area contributed by atoms with Crippen LogP contribution in [0.4, 0.5) is 10.2 Å². The van der Waals surface area contributed by atoms with Crippen molar-refractivity contribution in [2.24, 2.45) is 5.10 Å². The molecule has 0 aliphatic carbocycles. The van der Waals surface area contributed by atoms with E-state index in [1.54, 1.807) is 42.5 Å². The van der Waals surface area contributed by atoms with Gasteiger partial charge in [0, 0.05) is 0 Å². The molecule has 0 fully saturated rings. The normalized spacial score (nSPS) is 11.4. The van der Waals surface area contributed by atoms with E-state index >= 15 is 0 Å². The Bertz CT molecular complexity index is 1150. The Labute approximate surface area is 141 Å².